The van der Waals surface area contributed by atoms with Crippen LogP contribution in [0.5, 0.6) is 0 Å². The van der Waals surface area contributed by atoms with Gasteiger partial charge in [-0.05, 0) is 36.5 Å². The summed E-state index contributed by atoms with van der Waals surface area (Å²) in [7, 11) is -3.02. The average Bonchev–Trinajstić information content (AvgIpc) is 2.70. The topological polar surface area (TPSA) is 49.4 Å². The molecule has 2 atom stereocenters. The predicted molar refractivity (Wildman–Crippen MR) is 70.8 cm³/mol. The summed E-state index contributed by atoms with van der Waals surface area (Å²) in [4.78, 5) is 1.77. The zero-order chi connectivity index (χ0) is 12.9. The van der Waals surface area contributed by atoms with Crippen molar-refractivity contribution in [1.29, 1.82) is 0 Å². The number of halogens is 1. The fourth-order valence-corrected chi connectivity index (χ4v) is 4.79. The van der Waals surface area contributed by atoms with Crippen molar-refractivity contribution in [2.24, 2.45) is 0 Å². The zero-order valence-corrected chi connectivity index (χ0v) is 11.0. The van der Waals surface area contributed by atoms with Crippen molar-refractivity contribution in [1.82, 2.24) is 5.32 Å². The number of hydrogen-bond acceptors (Lipinski definition) is 3. The highest BCUT2D eigenvalue weighted by Gasteiger charge is 2.47. The molecular weight excluding hydrogens is 275 g/mol. The summed E-state index contributed by atoms with van der Waals surface area (Å²) in [6.45, 7) is 0. The molecule has 2 fully saturated rings. The molecule has 0 radical (unpaired) electrons. The molecule has 1 aromatic rings. The van der Waals surface area contributed by atoms with E-state index in [9.17, 15) is 12.8 Å². The van der Waals surface area contributed by atoms with Gasteiger partial charge in [0.2, 0.25) is 0 Å². The van der Waals surface area contributed by atoms with Gasteiger partial charge < -0.3 is 10.2 Å². The lowest BCUT2D eigenvalue weighted by Gasteiger charge is -2.23. The fourth-order valence-electron chi connectivity index (χ4n) is 2.51. The van der Waals surface area contributed by atoms with Gasteiger partial charge in [0, 0.05) is 5.69 Å². The summed E-state index contributed by atoms with van der Waals surface area (Å²) in [6, 6.07) is 5.55. The molecule has 3 rings (SSSR count). The summed E-state index contributed by atoms with van der Waals surface area (Å²) in [5.74, 6) is -0.134. The first kappa shape index (κ1) is 11.9. The second-order valence-electron chi connectivity index (χ2n) is 4.55. The lowest BCUT2D eigenvalue weighted by Crippen LogP contribution is -2.36. The largest absolute Gasteiger partial charge is 0.356 e. The Kier molecular flexibility index (Phi) is 2.56. The van der Waals surface area contributed by atoms with Gasteiger partial charge in [0.1, 0.15) is 5.82 Å². The highest BCUT2D eigenvalue weighted by atomic mass is 32.2. The number of benzene rings is 1. The summed E-state index contributed by atoms with van der Waals surface area (Å²) >= 11 is 5.21. The Morgan fingerprint density at radius 3 is 2.61 bits per heavy atom. The number of nitrogens with one attached hydrogen (secondary N) is 1. The third kappa shape index (κ3) is 1.87. The van der Waals surface area contributed by atoms with Crippen LogP contribution in [0.15, 0.2) is 24.3 Å². The van der Waals surface area contributed by atoms with Crippen LogP contribution in [-0.4, -0.2) is 37.1 Å². The quantitative estimate of drug-likeness (QED) is 0.770. The van der Waals surface area contributed by atoms with Gasteiger partial charge >= 0.3 is 0 Å². The molecule has 2 aliphatic heterocycles. The van der Waals surface area contributed by atoms with Crippen LogP contribution >= 0.6 is 12.2 Å². The van der Waals surface area contributed by atoms with Crippen molar-refractivity contribution >= 4 is 32.9 Å². The molecule has 18 heavy (non-hydrogen) atoms. The number of nitrogens with zero attached hydrogens (tertiary/aromatic N) is 1. The number of hydrogen-bond donors (Lipinski definition) is 1. The minimum atomic E-state index is -3.02. The molecule has 2 aliphatic rings. The van der Waals surface area contributed by atoms with Crippen molar-refractivity contribution in [3.05, 3.63) is 30.1 Å². The van der Waals surface area contributed by atoms with Gasteiger partial charge in [-0.1, -0.05) is 0 Å². The minimum absolute atomic E-state index is 0.0855. The van der Waals surface area contributed by atoms with Gasteiger partial charge in [-0.25, -0.2) is 12.8 Å². The molecule has 0 bridgehead atoms. The van der Waals surface area contributed by atoms with Crippen LogP contribution in [-0.2, 0) is 9.84 Å². The molecule has 1 N–H and O–H groups in total. The second-order valence-corrected chi connectivity index (χ2v) is 7.09. The highest BCUT2D eigenvalue weighted by molar-refractivity contribution is 7.91. The van der Waals surface area contributed by atoms with E-state index in [0.29, 0.717) is 5.11 Å². The molecule has 0 saturated carbocycles. The molecule has 0 aromatic heterocycles. The third-order valence-corrected chi connectivity index (χ3v) is 5.32. The molecule has 0 aliphatic carbocycles. The highest BCUT2D eigenvalue weighted by Crippen LogP contribution is 2.29. The molecule has 0 amide bonds. The third-order valence-electron chi connectivity index (χ3n) is 3.29. The van der Waals surface area contributed by atoms with E-state index in [-0.39, 0.29) is 29.4 Å². The molecule has 2 heterocycles. The van der Waals surface area contributed by atoms with E-state index < -0.39 is 9.84 Å². The van der Waals surface area contributed by atoms with Crippen molar-refractivity contribution in [2.75, 3.05) is 16.4 Å². The van der Waals surface area contributed by atoms with E-state index in [1.54, 1.807) is 17.0 Å². The van der Waals surface area contributed by atoms with Crippen LogP contribution in [0, 0.1) is 5.82 Å². The Hall–Kier alpha value is -1.21. The molecule has 1 aromatic carbocycles. The van der Waals surface area contributed by atoms with Crippen LogP contribution < -0.4 is 10.2 Å². The van der Waals surface area contributed by atoms with E-state index in [0.717, 1.165) is 5.69 Å². The average molecular weight is 286 g/mol. The Morgan fingerprint density at radius 1 is 1.28 bits per heavy atom. The summed E-state index contributed by atoms with van der Waals surface area (Å²) in [5, 5.41) is 3.53. The number of rotatable bonds is 1. The zero-order valence-electron chi connectivity index (χ0n) is 9.34. The minimum Gasteiger partial charge on any atom is -0.356 e. The number of thiocarbonyl (C=S) groups is 1. The Balaban J connectivity index is 1.96. The predicted octanol–water partition coefficient (Wildman–Crippen LogP) is 0.686. The molecule has 7 heteroatoms. The molecule has 0 unspecified atom stereocenters. The SMILES string of the molecule is O=S1(=O)C[C@@H]2[C@@H](C1)NC(=S)N2c1ccc(F)cc1. The summed E-state index contributed by atoms with van der Waals surface area (Å²) in [6.07, 6.45) is 0. The van der Waals surface area contributed by atoms with E-state index in [2.05, 4.69) is 5.32 Å². The van der Waals surface area contributed by atoms with Crippen molar-refractivity contribution in [3.8, 4) is 0 Å². The van der Waals surface area contributed by atoms with Crippen LogP contribution in [0.3, 0.4) is 0 Å². The first-order valence-electron chi connectivity index (χ1n) is 5.52. The first-order chi connectivity index (χ1) is 8.46. The van der Waals surface area contributed by atoms with E-state index >= 15 is 0 Å². The number of anilines is 1. The smallest absolute Gasteiger partial charge is 0.174 e. The van der Waals surface area contributed by atoms with Gasteiger partial charge in [0.15, 0.2) is 14.9 Å². The maximum absolute atomic E-state index is 12.9. The lowest BCUT2D eigenvalue weighted by molar-refractivity contribution is 0.600. The second kappa shape index (κ2) is 3.89. The van der Waals surface area contributed by atoms with Crippen LogP contribution in [0.1, 0.15) is 0 Å². The molecule has 4 nitrogen and oxygen atoms in total. The Labute approximate surface area is 110 Å². The molecular formula is C11H11FN2O2S2. The first-order valence-corrected chi connectivity index (χ1v) is 7.75. The van der Waals surface area contributed by atoms with Crippen LogP contribution in [0.2, 0.25) is 0 Å². The maximum Gasteiger partial charge on any atom is 0.174 e. The van der Waals surface area contributed by atoms with Crippen molar-refractivity contribution < 1.29 is 12.8 Å². The fraction of sp³-hybridized carbons (Fsp3) is 0.364. The van der Waals surface area contributed by atoms with E-state index in [4.69, 9.17) is 12.2 Å². The Bertz CT molecular complexity index is 600. The normalized spacial score (nSPS) is 29.2. The maximum atomic E-state index is 12.9. The van der Waals surface area contributed by atoms with Gasteiger partial charge in [-0.3, -0.25) is 0 Å². The number of fused-ring (bicyclic) bond motifs is 1. The van der Waals surface area contributed by atoms with Gasteiger partial charge in [0.25, 0.3) is 0 Å². The molecule has 0 spiro atoms. The summed E-state index contributed by atoms with van der Waals surface area (Å²) < 4.78 is 36.1. The standard InChI is InChI=1S/C11H11FN2O2S2/c12-7-1-3-8(4-2-7)14-10-6-18(15,16)5-9(10)13-11(14)17/h1-4,9-10H,5-6H2,(H,13,17)/t9-,10-/m1/s1. The van der Waals surface area contributed by atoms with Crippen LogP contribution in [0.25, 0.3) is 0 Å². The number of sulfone groups is 1. The van der Waals surface area contributed by atoms with Crippen LogP contribution in [0.4, 0.5) is 10.1 Å². The van der Waals surface area contributed by atoms with Gasteiger partial charge in [-0.15, -0.1) is 0 Å². The van der Waals surface area contributed by atoms with Crippen molar-refractivity contribution in [3.63, 3.8) is 0 Å². The van der Waals surface area contributed by atoms with Gasteiger partial charge in [0.05, 0.1) is 23.6 Å². The lowest BCUT2D eigenvalue weighted by atomic mass is 10.1. The monoisotopic (exact) mass is 286 g/mol. The van der Waals surface area contributed by atoms with Gasteiger partial charge in [-0.2, -0.15) is 0 Å². The Morgan fingerprint density at radius 2 is 1.94 bits per heavy atom. The van der Waals surface area contributed by atoms with Crippen molar-refractivity contribution in [2.45, 2.75) is 12.1 Å². The van der Waals surface area contributed by atoms with E-state index in [1.165, 1.54) is 12.1 Å². The van der Waals surface area contributed by atoms with E-state index in [1.807, 2.05) is 0 Å². The molecule has 96 valence electrons. The molecule has 2 saturated heterocycles. The summed E-state index contributed by atoms with van der Waals surface area (Å²) in [5.41, 5.74) is 0.721.